The van der Waals surface area contributed by atoms with Gasteiger partial charge in [-0.1, -0.05) is 23.2 Å². The Balaban J connectivity index is 1.67. The molecule has 1 aromatic heterocycles. The van der Waals surface area contributed by atoms with Crippen molar-refractivity contribution in [2.24, 2.45) is 0 Å². The lowest BCUT2D eigenvalue weighted by atomic mass is 10.3. The third-order valence-electron chi connectivity index (χ3n) is 3.85. The lowest BCUT2D eigenvalue weighted by Crippen LogP contribution is -2.54. The van der Waals surface area contributed by atoms with Gasteiger partial charge in [-0.2, -0.15) is 0 Å². The molecule has 1 aliphatic rings. The van der Waals surface area contributed by atoms with E-state index in [0.717, 1.165) is 6.41 Å². The molecule has 2 aromatic rings. The Morgan fingerprint density at radius 3 is 2.46 bits per heavy atom. The summed E-state index contributed by atoms with van der Waals surface area (Å²) in [4.78, 5) is 25.5. The van der Waals surface area contributed by atoms with Gasteiger partial charge in [0.1, 0.15) is 0 Å². The Bertz CT molecular complexity index is 728. The highest BCUT2D eigenvalue weighted by Gasteiger charge is 2.27. The van der Waals surface area contributed by atoms with Crippen LogP contribution in [0.5, 0.6) is 0 Å². The standard InChI is InChI=1S/C16H15Cl2N3O3/c17-13-4-3-12(10-14(13)18)21(11-22)20-7-5-19(6-8-20)16(23)15-2-1-9-24-15/h1-4,9-11H,5-8H2. The van der Waals surface area contributed by atoms with Crippen LogP contribution in [0.25, 0.3) is 0 Å². The molecule has 6 nitrogen and oxygen atoms in total. The highest BCUT2D eigenvalue weighted by Crippen LogP contribution is 2.27. The molecule has 2 heterocycles. The van der Waals surface area contributed by atoms with Crippen LogP contribution in [0.3, 0.4) is 0 Å². The van der Waals surface area contributed by atoms with E-state index in [1.807, 2.05) is 5.01 Å². The number of rotatable bonds is 4. The molecule has 2 amide bonds. The van der Waals surface area contributed by atoms with E-state index in [-0.39, 0.29) is 5.91 Å². The summed E-state index contributed by atoms with van der Waals surface area (Å²) in [5.41, 5.74) is 0.630. The summed E-state index contributed by atoms with van der Waals surface area (Å²) >= 11 is 11.9. The molecular formula is C16H15Cl2N3O3. The molecule has 0 aliphatic carbocycles. The molecule has 1 aliphatic heterocycles. The monoisotopic (exact) mass is 367 g/mol. The summed E-state index contributed by atoms with van der Waals surface area (Å²) in [5, 5.41) is 4.16. The van der Waals surface area contributed by atoms with Gasteiger partial charge in [0.05, 0.1) is 22.0 Å². The van der Waals surface area contributed by atoms with E-state index < -0.39 is 0 Å². The molecule has 126 valence electrons. The maximum absolute atomic E-state index is 12.3. The van der Waals surface area contributed by atoms with E-state index in [1.165, 1.54) is 11.3 Å². The highest BCUT2D eigenvalue weighted by atomic mass is 35.5. The van der Waals surface area contributed by atoms with E-state index in [1.54, 1.807) is 35.2 Å². The van der Waals surface area contributed by atoms with Gasteiger partial charge in [0.25, 0.3) is 5.91 Å². The summed E-state index contributed by atoms with van der Waals surface area (Å²) in [5.74, 6) is 0.173. The van der Waals surface area contributed by atoms with Crippen molar-refractivity contribution in [2.75, 3.05) is 31.2 Å². The average Bonchev–Trinajstić information content (AvgIpc) is 3.13. The van der Waals surface area contributed by atoms with Gasteiger partial charge >= 0.3 is 0 Å². The first-order chi connectivity index (χ1) is 11.6. The second-order valence-electron chi connectivity index (χ2n) is 5.27. The predicted octanol–water partition coefficient (Wildman–Crippen LogP) is 2.92. The number of benzene rings is 1. The van der Waals surface area contributed by atoms with Crippen LogP contribution in [-0.2, 0) is 4.79 Å². The minimum Gasteiger partial charge on any atom is -0.459 e. The topological polar surface area (TPSA) is 57.0 Å². The zero-order valence-corrected chi connectivity index (χ0v) is 14.2. The average molecular weight is 368 g/mol. The van der Waals surface area contributed by atoms with Crippen molar-refractivity contribution in [1.82, 2.24) is 9.91 Å². The molecule has 1 aromatic carbocycles. The predicted molar refractivity (Wildman–Crippen MR) is 91.2 cm³/mol. The molecule has 0 bridgehead atoms. The highest BCUT2D eigenvalue weighted by molar-refractivity contribution is 6.42. The third-order valence-corrected chi connectivity index (χ3v) is 4.59. The molecule has 1 saturated heterocycles. The second-order valence-corrected chi connectivity index (χ2v) is 6.09. The van der Waals surface area contributed by atoms with Crippen molar-refractivity contribution in [3.8, 4) is 0 Å². The van der Waals surface area contributed by atoms with Crippen LogP contribution in [0.2, 0.25) is 10.0 Å². The molecule has 0 saturated carbocycles. The molecule has 1 fully saturated rings. The lowest BCUT2D eigenvalue weighted by molar-refractivity contribution is -0.110. The Kier molecular flexibility index (Phi) is 5.08. The summed E-state index contributed by atoms with van der Waals surface area (Å²) in [7, 11) is 0. The molecule has 0 unspecified atom stereocenters. The van der Waals surface area contributed by atoms with Crippen molar-refractivity contribution in [3.63, 3.8) is 0 Å². The normalized spacial score (nSPS) is 15.3. The van der Waals surface area contributed by atoms with Gasteiger partial charge in [-0.25, -0.2) is 10.0 Å². The van der Waals surface area contributed by atoms with E-state index in [0.29, 0.717) is 47.7 Å². The van der Waals surface area contributed by atoms with Gasteiger partial charge < -0.3 is 9.32 Å². The van der Waals surface area contributed by atoms with E-state index in [4.69, 9.17) is 27.6 Å². The number of furan rings is 1. The number of amides is 2. The Morgan fingerprint density at radius 2 is 1.88 bits per heavy atom. The maximum Gasteiger partial charge on any atom is 0.289 e. The minimum absolute atomic E-state index is 0.146. The Hall–Kier alpha value is -2.02. The van der Waals surface area contributed by atoms with Crippen LogP contribution in [0.4, 0.5) is 5.69 Å². The zero-order valence-electron chi connectivity index (χ0n) is 12.7. The summed E-state index contributed by atoms with van der Waals surface area (Å²) in [6, 6.07) is 8.33. The van der Waals surface area contributed by atoms with Gasteiger partial charge in [-0.3, -0.25) is 9.59 Å². The zero-order chi connectivity index (χ0) is 17.1. The number of hydrazine groups is 1. The first-order valence-corrected chi connectivity index (χ1v) is 8.13. The Labute approximate surface area is 149 Å². The van der Waals surface area contributed by atoms with Crippen LogP contribution >= 0.6 is 23.2 Å². The molecule has 0 spiro atoms. The number of carbonyl (C=O) groups excluding carboxylic acids is 2. The summed E-state index contributed by atoms with van der Waals surface area (Å²) in [6.07, 6.45) is 2.20. The number of hydrogen-bond acceptors (Lipinski definition) is 4. The van der Waals surface area contributed by atoms with Gasteiger partial charge in [-0.05, 0) is 30.3 Å². The number of piperazine rings is 1. The van der Waals surface area contributed by atoms with Crippen LogP contribution in [0.15, 0.2) is 41.0 Å². The van der Waals surface area contributed by atoms with Gasteiger partial charge in [0.15, 0.2) is 5.76 Å². The van der Waals surface area contributed by atoms with Crippen molar-refractivity contribution in [1.29, 1.82) is 0 Å². The number of nitrogens with zero attached hydrogens (tertiary/aromatic N) is 3. The third kappa shape index (κ3) is 3.40. The molecule has 0 N–H and O–H groups in total. The van der Waals surface area contributed by atoms with Crippen molar-refractivity contribution < 1.29 is 14.0 Å². The fourth-order valence-electron chi connectivity index (χ4n) is 2.59. The summed E-state index contributed by atoms with van der Waals surface area (Å²) in [6.45, 7) is 2.02. The number of anilines is 1. The molecule has 8 heteroatoms. The van der Waals surface area contributed by atoms with Crippen molar-refractivity contribution in [2.45, 2.75) is 0 Å². The molecule has 0 atom stereocenters. The largest absolute Gasteiger partial charge is 0.459 e. The Morgan fingerprint density at radius 1 is 1.12 bits per heavy atom. The smallest absolute Gasteiger partial charge is 0.289 e. The number of hydrogen-bond donors (Lipinski definition) is 0. The fourth-order valence-corrected chi connectivity index (χ4v) is 2.88. The molecule has 0 radical (unpaired) electrons. The number of carbonyl (C=O) groups is 2. The minimum atomic E-state index is -0.146. The van der Waals surface area contributed by atoms with Crippen molar-refractivity contribution in [3.05, 3.63) is 52.4 Å². The van der Waals surface area contributed by atoms with Crippen LogP contribution in [0.1, 0.15) is 10.6 Å². The van der Waals surface area contributed by atoms with Gasteiger partial charge in [0, 0.05) is 26.2 Å². The molecule has 24 heavy (non-hydrogen) atoms. The van der Waals surface area contributed by atoms with Crippen LogP contribution in [0, 0.1) is 0 Å². The quantitative estimate of drug-likeness (QED) is 0.779. The number of halogens is 2. The van der Waals surface area contributed by atoms with Crippen molar-refractivity contribution >= 4 is 41.2 Å². The SMILES string of the molecule is O=CN(c1ccc(Cl)c(Cl)c1)N1CCN(C(=O)c2ccco2)CC1. The van der Waals surface area contributed by atoms with E-state index in [9.17, 15) is 9.59 Å². The molecular weight excluding hydrogens is 353 g/mol. The lowest BCUT2D eigenvalue weighted by Gasteiger charge is -2.39. The first kappa shape index (κ1) is 16.8. The van der Waals surface area contributed by atoms with E-state index in [2.05, 4.69) is 0 Å². The van der Waals surface area contributed by atoms with Gasteiger partial charge in [0.2, 0.25) is 6.41 Å². The van der Waals surface area contributed by atoms with Crippen LogP contribution < -0.4 is 5.01 Å². The van der Waals surface area contributed by atoms with E-state index >= 15 is 0 Å². The fraction of sp³-hybridized carbons (Fsp3) is 0.250. The van der Waals surface area contributed by atoms with Crippen LogP contribution in [-0.4, -0.2) is 48.4 Å². The molecule has 3 rings (SSSR count). The first-order valence-electron chi connectivity index (χ1n) is 7.37. The second kappa shape index (κ2) is 7.25. The maximum atomic E-state index is 12.3. The summed E-state index contributed by atoms with van der Waals surface area (Å²) < 4.78 is 5.14. The van der Waals surface area contributed by atoms with Gasteiger partial charge in [-0.15, -0.1) is 0 Å².